The molecule has 0 fully saturated rings. The summed E-state index contributed by atoms with van der Waals surface area (Å²) in [5, 5.41) is 12.6. The highest BCUT2D eigenvalue weighted by molar-refractivity contribution is 6.31. The second-order valence-electron chi connectivity index (χ2n) is 4.03. The quantitative estimate of drug-likeness (QED) is 0.833. The van der Waals surface area contributed by atoms with E-state index < -0.39 is 12.0 Å². The van der Waals surface area contributed by atoms with Crippen LogP contribution in [0.4, 0.5) is 0 Å². The van der Waals surface area contributed by atoms with Gasteiger partial charge in [0.15, 0.2) is 0 Å². The largest absolute Gasteiger partial charge is 0.480 e. The van der Waals surface area contributed by atoms with Gasteiger partial charge in [-0.25, -0.2) is 0 Å². The van der Waals surface area contributed by atoms with Gasteiger partial charge < -0.3 is 10.4 Å². The maximum atomic E-state index is 11.0. The highest BCUT2D eigenvalue weighted by Gasteiger charge is 2.20. The Balaban J connectivity index is 2.63. The molecule has 1 atom stereocenters. The highest BCUT2D eigenvalue weighted by atomic mass is 35.5. The van der Waals surface area contributed by atoms with E-state index in [0.717, 1.165) is 5.56 Å². The Morgan fingerprint density at radius 1 is 1.44 bits per heavy atom. The molecule has 0 spiro atoms. The molecule has 88 valence electrons. The molecule has 0 saturated heterocycles. The van der Waals surface area contributed by atoms with Gasteiger partial charge in [0.25, 0.3) is 0 Å². The van der Waals surface area contributed by atoms with Crippen molar-refractivity contribution in [1.82, 2.24) is 5.32 Å². The van der Waals surface area contributed by atoms with Crippen molar-refractivity contribution in [1.29, 1.82) is 0 Å². The van der Waals surface area contributed by atoms with Gasteiger partial charge in [0.05, 0.1) is 0 Å². The van der Waals surface area contributed by atoms with E-state index in [0.29, 0.717) is 11.6 Å². The van der Waals surface area contributed by atoms with Crippen LogP contribution in [0.3, 0.4) is 0 Å². The molecule has 0 radical (unpaired) electrons. The van der Waals surface area contributed by atoms with Gasteiger partial charge in [-0.15, -0.1) is 0 Å². The van der Waals surface area contributed by atoms with E-state index in [9.17, 15) is 4.79 Å². The number of nitrogens with one attached hydrogen (secondary N) is 1. The zero-order valence-corrected chi connectivity index (χ0v) is 10.2. The van der Waals surface area contributed by atoms with E-state index in [-0.39, 0.29) is 5.92 Å². The Labute approximate surface area is 100 Å². The first-order chi connectivity index (χ1) is 7.52. The lowest BCUT2D eigenvalue weighted by molar-refractivity contribution is -0.140. The molecule has 0 saturated carbocycles. The summed E-state index contributed by atoms with van der Waals surface area (Å²) in [5.74, 6) is -0.790. The topological polar surface area (TPSA) is 49.3 Å². The van der Waals surface area contributed by atoms with Gasteiger partial charge in [-0.1, -0.05) is 43.6 Å². The monoisotopic (exact) mass is 241 g/mol. The van der Waals surface area contributed by atoms with Crippen LogP contribution in [0.2, 0.25) is 5.02 Å². The number of carbonyl (C=O) groups is 1. The summed E-state index contributed by atoms with van der Waals surface area (Å²) >= 11 is 5.98. The SMILES string of the molecule is CC(C)[C@@H](NCc1ccccc1Cl)C(=O)O. The molecule has 4 heteroatoms. The van der Waals surface area contributed by atoms with Crippen LogP contribution in [0.1, 0.15) is 19.4 Å². The summed E-state index contributed by atoms with van der Waals surface area (Å²) < 4.78 is 0. The Morgan fingerprint density at radius 2 is 2.06 bits per heavy atom. The van der Waals surface area contributed by atoms with Crippen LogP contribution in [0.15, 0.2) is 24.3 Å². The normalized spacial score (nSPS) is 12.8. The average Bonchev–Trinajstić information content (AvgIpc) is 2.20. The fourth-order valence-corrected chi connectivity index (χ4v) is 1.67. The van der Waals surface area contributed by atoms with E-state index in [1.165, 1.54) is 0 Å². The van der Waals surface area contributed by atoms with Gasteiger partial charge in [0, 0.05) is 11.6 Å². The van der Waals surface area contributed by atoms with Crippen LogP contribution in [0.25, 0.3) is 0 Å². The summed E-state index contributed by atoms with van der Waals surface area (Å²) in [6.07, 6.45) is 0. The lowest BCUT2D eigenvalue weighted by Gasteiger charge is -2.18. The van der Waals surface area contributed by atoms with Crippen molar-refractivity contribution in [2.75, 3.05) is 0 Å². The molecule has 16 heavy (non-hydrogen) atoms. The summed E-state index contributed by atoms with van der Waals surface area (Å²) in [4.78, 5) is 11.0. The van der Waals surface area contributed by atoms with Crippen LogP contribution in [-0.4, -0.2) is 17.1 Å². The van der Waals surface area contributed by atoms with Crippen LogP contribution in [0.5, 0.6) is 0 Å². The molecule has 0 bridgehead atoms. The van der Waals surface area contributed by atoms with Gasteiger partial charge in [0.2, 0.25) is 0 Å². The average molecular weight is 242 g/mol. The lowest BCUT2D eigenvalue weighted by Crippen LogP contribution is -2.40. The van der Waals surface area contributed by atoms with E-state index >= 15 is 0 Å². The molecule has 0 unspecified atom stereocenters. The highest BCUT2D eigenvalue weighted by Crippen LogP contribution is 2.15. The van der Waals surface area contributed by atoms with Crippen LogP contribution < -0.4 is 5.32 Å². The molecule has 0 aromatic heterocycles. The number of benzene rings is 1. The standard InChI is InChI=1S/C12H16ClNO2/c1-8(2)11(12(15)16)14-7-9-5-3-4-6-10(9)13/h3-6,8,11,14H,7H2,1-2H3,(H,15,16)/t11-/m1/s1. The molecule has 0 heterocycles. The smallest absolute Gasteiger partial charge is 0.320 e. The summed E-state index contributed by atoms with van der Waals surface area (Å²) in [5.41, 5.74) is 0.913. The number of aliphatic carboxylic acids is 1. The van der Waals surface area contributed by atoms with Gasteiger partial charge in [0.1, 0.15) is 6.04 Å². The molecule has 0 aliphatic heterocycles. The molecule has 0 aliphatic carbocycles. The van der Waals surface area contributed by atoms with Crippen LogP contribution >= 0.6 is 11.6 Å². The minimum Gasteiger partial charge on any atom is -0.480 e. The molecule has 1 rings (SSSR count). The summed E-state index contributed by atoms with van der Waals surface area (Å²) in [6.45, 7) is 4.21. The Hall–Kier alpha value is -1.06. The van der Waals surface area contributed by atoms with Crippen molar-refractivity contribution >= 4 is 17.6 Å². The third-order valence-corrected chi connectivity index (χ3v) is 2.77. The third-order valence-electron chi connectivity index (χ3n) is 2.40. The molecule has 1 aromatic rings. The predicted octanol–water partition coefficient (Wildman–Crippen LogP) is 2.54. The minimum absolute atomic E-state index is 0.0417. The fraction of sp³-hybridized carbons (Fsp3) is 0.417. The van der Waals surface area contributed by atoms with E-state index in [2.05, 4.69) is 5.32 Å². The molecule has 3 nitrogen and oxygen atoms in total. The number of carboxylic acid groups (broad SMARTS) is 1. The molecule has 0 amide bonds. The number of rotatable bonds is 5. The summed E-state index contributed by atoms with van der Waals surface area (Å²) in [7, 11) is 0. The van der Waals surface area contributed by atoms with Crippen molar-refractivity contribution < 1.29 is 9.90 Å². The van der Waals surface area contributed by atoms with E-state index in [4.69, 9.17) is 16.7 Å². The van der Waals surface area contributed by atoms with Gasteiger partial charge in [-0.05, 0) is 17.5 Å². The Bertz CT molecular complexity index is 366. The van der Waals surface area contributed by atoms with Crippen molar-refractivity contribution in [3.05, 3.63) is 34.9 Å². The second kappa shape index (κ2) is 5.87. The second-order valence-corrected chi connectivity index (χ2v) is 4.44. The van der Waals surface area contributed by atoms with Crippen molar-refractivity contribution in [2.45, 2.75) is 26.4 Å². The fourth-order valence-electron chi connectivity index (χ4n) is 1.47. The maximum Gasteiger partial charge on any atom is 0.320 e. The number of hydrogen-bond donors (Lipinski definition) is 2. The number of halogens is 1. The van der Waals surface area contributed by atoms with Gasteiger partial charge in [-0.3, -0.25) is 4.79 Å². The zero-order chi connectivity index (χ0) is 12.1. The minimum atomic E-state index is -0.831. The van der Waals surface area contributed by atoms with Gasteiger partial charge >= 0.3 is 5.97 Å². The van der Waals surface area contributed by atoms with Gasteiger partial charge in [-0.2, -0.15) is 0 Å². The first kappa shape index (κ1) is 13.0. The Morgan fingerprint density at radius 3 is 2.56 bits per heavy atom. The number of carboxylic acids is 1. The summed E-state index contributed by atoms with van der Waals surface area (Å²) in [6, 6.07) is 6.87. The van der Waals surface area contributed by atoms with E-state index in [1.807, 2.05) is 32.0 Å². The van der Waals surface area contributed by atoms with Crippen molar-refractivity contribution in [3.63, 3.8) is 0 Å². The van der Waals surface area contributed by atoms with Crippen LogP contribution in [-0.2, 0) is 11.3 Å². The zero-order valence-electron chi connectivity index (χ0n) is 9.40. The van der Waals surface area contributed by atoms with Crippen LogP contribution in [0, 0.1) is 5.92 Å². The molecule has 1 aromatic carbocycles. The molecule has 0 aliphatic rings. The number of hydrogen-bond acceptors (Lipinski definition) is 2. The lowest BCUT2D eigenvalue weighted by atomic mass is 10.0. The molecular formula is C12H16ClNO2. The molecule has 2 N–H and O–H groups in total. The first-order valence-electron chi connectivity index (χ1n) is 5.22. The molecular weight excluding hydrogens is 226 g/mol. The van der Waals surface area contributed by atoms with E-state index in [1.54, 1.807) is 6.07 Å². The predicted molar refractivity (Wildman–Crippen MR) is 64.6 cm³/mol. The van der Waals surface area contributed by atoms with Crippen molar-refractivity contribution in [2.24, 2.45) is 5.92 Å². The first-order valence-corrected chi connectivity index (χ1v) is 5.59. The van der Waals surface area contributed by atoms with Crippen molar-refractivity contribution in [3.8, 4) is 0 Å². The third kappa shape index (κ3) is 3.51. The maximum absolute atomic E-state index is 11.0. The Kier molecular flexibility index (Phi) is 4.77.